The quantitative estimate of drug-likeness (QED) is 0.667. The highest BCUT2D eigenvalue weighted by atomic mass is 32.1. The van der Waals surface area contributed by atoms with Crippen molar-refractivity contribution < 1.29 is 19.4 Å². The Morgan fingerprint density at radius 2 is 1.61 bits per heavy atom. The van der Waals surface area contributed by atoms with Gasteiger partial charge < -0.3 is 14.6 Å². The molecule has 3 aromatic rings. The van der Waals surface area contributed by atoms with E-state index < -0.39 is 6.16 Å². The maximum atomic E-state index is 10.5. The first kappa shape index (κ1) is 15.1. The van der Waals surface area contributed by atoms with Crippen LogP contribution in [0.25, 0.3) is 11.1 Å². The first-order chi connectivity index (χ1) is 11.2. The Labute approximate surface area is 137 Å². The lowest BCUT2D eigenvalue weighted by molar-refractivity contribution is 0.146. The SMILES string of the molecule is O=C(O)Oc1ccc(COc2ccc(-c3ccccc3)cc2)s1. The van der Waals surface area contributed by atoms with Crippen molar-refractivity contribution in [1.29, 1.82) is 0 Å². The van der Waals surface area contributed by atoms with Crippen LogP contribution in [0.2, 0.25) is 0 Å². The van der Waals surface area contributed by atoms with Crippen LogP contribution >= 0.6 is 11.3 Å². The molecule has 0 fully saturated rings. The Morgan fingerprint density at radius 1 is 0.913 bits per heavy atom. The number of rotatable bonds is 5. The molecular formula is C18H14O4S. The Balaban J connectivity index is 1.60. The van der Waals surface area contributed by atoms with Crippen molar-refractivity contribution in [2.75, 3.05) is 0 Å². The van der Waals surface area contributed by atoms with Gasteiger partial charge in [-0.2, -0.15) is 0 Å². The topological polar surface area (TPSA) is 55.8 Å². The van der Waals surface area contributed by atoms with E-state index in [4.69, 9.17) is 9.84 Å². The van der Waals surface area contributed by atoms with Crippen molar-refractivity contribution in [3.05, 3.63) is 71.6 Å². The van der Waals surface area contributed by atoms with E-state index in [-0.39, 0.29) is 0 Å². The summed E-state index contributed by atoms with van der Waals surface area (Å²) in [6.07, 6.45) is -1.31. The highest BCUT2D eigenvalue weighted by Crippen LogP contribution is 2.27. The molecule has 0 saturated carbocycles. The highest BCUT2D eigenvalue weighted by Gasteiger charge is 2.06. The molecule has 0 aliphatic heterocycles. The molecule has 116 valence electrons. The van der Waals surface area contributed by atoms with Gasteiger partial charge in [0.2, 0.25) is 0 Å². The second kappa shape index (κ2) is 6.98. The van der Waals surface area contributed by atoms with Gasteiger partial charge in [-0.15, -0.1) is 0 Å². The summed E-state index contributed by atoms with van der Waals surface area (Å²) >= 11 is 1.25. The van der Waals surface area contributed by atoms with Crippen LogP contribution < -0.4 is 9.47 Å². The molecule has 1 heterocycles. The summed E-state index contributed by atoms with van der Waals surface area (Å²) in [4.78, 5) is 11.4. The van der Waals surface area contributed by atoms with Crippen LogP contribution in [0.4, 0.5) is 4.79 Å². The van der Waals surface area contributed by atoms with Gasteiger partial charge >= 0.3 is 6.16 Å². The monoisotopic (exact) mass is 326 g/mol. The summed E-state index contributed by atoms with van der Waals surface area (Å²) in [6, 6.07) is 21.4. The molecule has 5 heteroatoms. The molecule has 0 unspecified atom stereocenters. The van der Waals surface area contributed by atoms with Gasteiger partial charge in [0, 0.05) is 4.88 Å². The average molecular weight is 326 g/mol. The van der Waals surface area contributed by atoms with E-state index >= 15 is 0 Å². The molecule has 23 heavy (non-hydrogen) atoms. The normalized spacial score (nSPS) is 10.3. The van der Waals surface area contributed by atoms with Crippen LogP contribution in [0.15, 0.2) is 66.7 Å². The average Bonchev–Trinajstić information content (AvgIpc) is 3.01. The molecule has 0 radical (unpaired) electrons. The Kier molecular flexibility index (Phi) is 4.59. The van der Waals surface area contributed by atoms with Gasteiger partial charge in [0.05, 0.1) is 0 Å². The molecule has 0 spiro atoms. The summed E-state index contributed by atoms with van der Waals surface area (Å²) in [5.41, 5.74) is 2.29. The number of hydrogen-bond acceptors (Lipinski definition) is 4. The van der Waals surface area contributed by atoms with Crippen molar-refractivity contribution >= 4 is 17.5 Å². The molecule has 0 aliphatic carbocycles. The molecule has 4 nitrogen and oxygen atoms in total. The van der Waals surface area contributed by atoms with Crippen LogP contribution in [-0.2, 0) is 6.61 Å². The standard InChI is InChI=1S/C18H14O4S/c19-18(20)22-17-11-10-16(23-17)12-21-15-8-6-14(7-9-15)13-4-2-1-3-5-13/h1-11H,12H2,(H,19,20). The zero-order chi connectivity index (χ0) is 16.1. The zero-order valence-corrected chi connectivity index (χ0v) is 13.0. The predicted octanol–water partition coefficient (Wildman–Crippen LogP) is 5.05. The minimum atomic E-state index is -1.31. The van der Waals surface area contributed by atoms with Gasteiger partial charge in [-0.1, -0.05) is 53.8 Å². The van der Waals surface area contributed by atoms with Crippen LogP contribution in [0, 0.1) is 0 Å². The van der Waals surface area contributed by atoms with E-state index in [1.54, 1.807) is 12.1 Å². The first-order valence-corrected chi connectivity index (χ1v) is 7.80. The fourth-order valence-electron chi connectivity index (χ4n) is 2.11. The van der Waals surface area contributed by atoms with Crippen LogP contribution in [0.3, 0.4) is 0 Å². The Morgan fingerprint density at radius 3 is 2.30 bits per heavy atom. The van der Waals surface area contributed by atoms with Gasteiger partial charge in [0.1, 0.15) is 12.4 Å². The van der Waals surface area contributed by atoms with Gasteiger partial charge in [-0.25, -0.2) is 4.79 Å². The third kappa shape index (κ3) is 4.11. The Hall–Kier alpha value is -2.79. The lowest BCUT2D eigenvalue weighted by atomic mass is 10.1. The number of ether oxygens (including phenoxy) is 2. The first-order valence-electron chi connectivity index (χ1n) is 6.98. The smallest absolute Gasteiger partial charge is 0.488 e. The fourth-order valence-corrected chi connectivity index (χ4v) is 2.87. The Bertz CT molecular complexity index is 778. The number of carboxylic acid groups (broad SMARTS) is 1. The summed E-state index contributed by atoms with van der Waals surface area (Å²) in [6.45, 7) is 0.373. The largest absolute Gasteiger partial charge is 0.512 e. The summed E-state index contributed by atoms with van der Waals surface area (Å²) in [5, 5.41) is 8.90. The molecule has 1 N–H and O–H groups in total. The van der Waals surface area contributed by atoms with Crippen LogP contribution in [0.5, 0.6) is 10.8 Å². The number of hydrogen-bond donors (Lipinski definition) is 1. The molecule has 3 rings (SSSR count). The highest BCUT2D eigenvalue weighted by molar-refractivity contribution is 7.13. The van der Waals surface area contributed by atoms with E-state index in [1.165, 1.54) is 11.3 Å². The minimum absolute atomic E-state index is 0.343. The number of thiophene rings is 1. The van der Waals surface area contributed by atoms with Crippen LogP contribution in [-0.4, -0.2) is 11.3 Å². The third-order valence-electron chi connectivity index (χ3n) is 3.17. The molecule has 1 aromatic heterocycles. The van der Waals surface area contributed by atoms with Crippen LogP contribution in [0.1, 0.15) is 4.88 Å². The van der Waals surface area contributed by atoms with Gasteiger partial charge in [-0.05, 0) is 35.4 Å². The second-order valence-corrected chi connectivity index (χ2v) is 5.90. The predicted molar refractivity (Wildman–Crippen MR) is 89.2 cm³/mol. The van der Waals surface area contributed by atoms with Gasteiger partial charge in [0.15, 0.2) is 5.06 Å². The lowest BCUT2D eigenvalue weighted by Gasteiger charge is -2.06. The maximum absolute atomic E-state index is 10.5. The van der Waals surface area contributed by atoms with E-state index in [9.17, 15) is 4.79 Å². The molecular weight excluding hydrogens is 312 g/mol. The van der Waals surface area contributed by atoms with Crippen molar-refractivity contribution in [1.82, 2.24) is 0 Å². The van der Waals surface area contributed by atoms with Gasteiger partial charge in [0.25, 0.3) is 0 Å². The van der Waals surface area contributed by atoms with Crippen molar-refractivity contribution in [2.24, 2.45) is 0 Å². The summed E-state index contributed by atoms with van der Waals surface area (Å²) in [5.74, 6) is 0.763. The summed E-state index contributed by atoms with van der Waals surface area (Å²) in [7, 11) is 0. The fraction of sp³-hybridized carbons (Fsp3) is 0.0556. The molecule has 0 aliphatic rings. The van der Waals surface area contributed by atoms with E-state index in [0.717, 1.165) is 21.8 Å². The van der Waals surface area contributed by atoms with Gasteiger partial charge in [-0.3, -0.25) is 0 Å². The molecule has 2 aromatic carbocycles. The molecule has 0 saturated heterocycles. The minimum Gasteiger partial charge on any atom is -0.488 e. The van der Waals surface area contributed by atoms with Crippen molar-refractivity contribution in [3.63, 3.8) is 0 Å². The lowest BCUT2D eigenvalue weighted by Crippen LogP contribution is -2.00. The van der Waals surface area contributed by atoms with Crippen molar-refractivity contribution in [2.45, 2.75) is 6.61 Å². The zero-order valence-electron chi connectivity index (χ0n) is 12.1. The molecule has 0 atom stereocenters. The maximum Gasteiger partial charge on any atom is 0.512 e. The van der Waals surface area contributed by atoms with E-state index in [2.05, 4.69) is 16.9 Å². The van der Waals surface area contributed by atoms with E-state index in [1.807, 2.05) is 42.5 Å². The second-order valence-electron chi connectivity index (χ2n) is 4.77. The summed E-state index contributed by atoms with van der Waals surface area (Å²) < 4.78 is 10.3. The van der Waals surface area contributed by atoms with Crippen molar-refractivity contribution in [3.8, 4) is 21.9 Å². The molecule has 0 amide bonds. The number of carbonyl (C=O) groups is 1. The molecule has 0 bridgehead atoms. The third-order valence-corrected chi connectivity index (χ3v) is 4.10. The number of benzene rings is 2. The van der Waals surface area contributed by atoms with E-state index in [0.29, 0.717) is 11.7 Å².